The molecule has 58 valence electrons. The van der Waals surface area contributed by atoms with Gasteiger partial charge in [-0.15, -0.1) is 0 Å². The molecule has 0 aromatic heterocycles. The van der Waals surface area contributed by atoms with E-state index >= 15 is 0 Å². The number of hydrogen-bond donors (Lipinski definition) is 2. The van der Waals surface area contributed by atoms with E-state index in [1.54, 1.807) is 13.1 Å². The monoisotopic (exact) mass is 142 g/mol. The smallest absolute Gasteiger partial charge is 0.0713 e. The summed E-state index contributed by atoms with van der Waals surface area (Å²) in [6, 6.07) is 0. The predicted molar refractivity (Wildman–Crippen MR) is 43.0 cm³/mol. The molecule has 0 aromatic carbocycles. The van der Waals surface area contributed by atoms with Crippen LogP contribution in [0.1, 0.15) is 13.8 Å². The number of aliphatic hydroxyl groups excluding tert-OH is 1. The van der Waals surface area contributed by atoms with Crippen molar-refractivity contribution >= 4 is 6.21 Å². The maximum Gasteiger partial charge on any atom is 0.0713 e. The van der Waals surface area contributed by atoms with Crippen LogP contribution in [0.15, 0.2) is 16.3 Å². The molecular formula is C7H14N2O. The molecule has 0 aliphatic heterocycles. The number of allylic oxidation sites excluding steroid dienone is 1. The Bertz CT molecular complexity index is 146. The Balaban J connectivity index is 4.10. The molecule has 0 radical (unpaired) electrons. The molecule has 0 aliphatic rings. The van der Waals surface area contributed by atoms with Crippen LogP contribution in [0.4, 0.5) is 0 Å². The van der Waals surface area contributed by atoms with Crippen LogP contribution < -0.4 is 5.73 Å². The molecule has 0 heterocycles. The van der Waals surface area contributed by atoms with Gasteiger partial charge in [0.05, 0.1) is 6.61 Å². The van der Waals surface area contributed by atoms with Crippen LogP contribution in [-0.2, 0) is 0 Å². The predicted octanol–water partition coefficient (Wildman–Crippen LogP) is 0.302. The fraction of sp³-hybridized carbons (Fsp3) is 0.571. The number of aliphatic hydroxyl groups is 1. The van der Waals surface area contributed by atoms with E-state index in [4.69, 9.17) is 10.8 Å². The van der Waals surface area contributed by atoms with Crippen LogP contribution in [0.5, 0.6) is 0 Å². The summed E-state index contributed by atoms with van der Waals surface area (Å²) in [6.45, 7) is 4.35. The van der Waals surface area contributed by atoms with Gasteiger partial charge in [0.2, 0.25) is 0 Å². The van der Waals surface area contributed by atoms with Crippen LogP contribution in [0, 0.1) is 0 Å². The maximum absolute atomic E-state index is 8.69. The molecule has 0 amide bonds. The Morgan fingerprint density at radius 1 is 1.70 bits per heavy atom. The van der Waals surface area contributed by atoms with Gasteiger partial charge >= 0.3 is 0 Å². The summed E-state index contributed by atoms with van der Waals surface area (Å²) in [4.78, 5) is 3.94. The molecule has 0 rings (SSSR count). The van der Waals surface area contributed by atoms with E-state index in [9.17, 15) is 0 Å². The Labute approximate surface area is 61.3 Å². The first-order chi connectivity index (χ1) is 4.72. The zero-order valence-electron chi connectivity index (χ0n) is 6.46. The second-order valence-corrected chi connectivity index (χ2v) is 1.99. The fourth-order valence-electron chi connectivity index (χ4n) is 0.469. The Morgan fingerprint density at radius 3 is 2.60 bits per heavy atom. The van der Waals surface area contributed by atoms with Crippen molar-refractivity contribution in [2.24, 2.45) is 10.7 Å². The molecule has 3 N–H and O–H groups in total. The molecule has 0 spiro atoms. The number of rotatable bonds is 3. The van der Waals surface area contributed by atoms with Gasteiger partial charge in [-0.05, 0) is 13.8 Å². The lowest BCUT2D eigenvalue weighted by atomic mass is 10.2. The zero-order valence-corrected chi connectivity index (χ0v) is 6.46. The van der Waals surface area contributed by atoms with Crippen molar-refractivity contribution in [3.63, 3.8) is 0 Å². The van der Waals surface area contributed by atoms with E-state index in [2.05, 4.69) is 4.99 Å². The minimum atomic E-state index is -0.0359. The van der Waals surface area contributed by atoms with Crippen molar-refractivity contribution in [1.29, 1.82) is 0 Å². The topological polar surface area (TPSA) is 58.6 Å². The Morgan fingerprint density at radius 2 is 2.30 bits per heavy atom. The summed E-state index contributed by atoms with van der Waals surface area (Å²) in [5.41, 5.74) is 6.74. The lowest BCUT2D eigenvalue weighted by molar-refractivity contribution is 0.336. The van der Waals surface area contributed by atoms with E-state index in [0.717, 1.165) is 6.54 Å². The zero-order chi connectivity index (χ0) is 7.98. The minimum absolute atomic E-state index is 0.0359. The van der Waals surface area contributed by atoms with Gasteiger partial charge < -0.3 is 10.8 Å². The van der Waals surface area contributed by atoms with Gasteiger partial charge in [-0.1, -0.05) is 0 Å². The SMILES string of the molecule is CCN=CC(CO)=C(C)N. The summed E-state index contributed by atoms with van der Waals surface area (Å²) >= 11 is 0. The molecule has 0 aromatic rings. The lowest BCUT2D eigenvalue weighted by Crippen LogP contribution is -2.03. The summed E-state index contributed by atoms with van der Waals surface area (Å²) < 4.78 is 0. The molecular weight excluding hydrogens is 128 g/mol. The lowest BCUT2D eigenvalue weighted by Gasteiger charge is -1.97. The quantitative estimate of drug-likeness (QED) is 0.557. The van der Waals surface area contributed by atoms with Crippen molar-refractivity contribution in [3.05, 3.63) is 11.3 Å². The highest BCUT2D eigenvalue weighted by atomic mass is 16.3. The van der Waals surface area contributed by atoms with E-state index in [1.165, 1.54) is 0 Å². The van der Waals surface area contributed by atoms with Gasteiger partial charge in [0.1, 0.15) is 0 Å². The first kappa shape index (κ1) is 9.17. The van der Waals surface area contributed by atoms with Gasteiger partial charge in [-0.3, -0.25) is 4.99 Å². The molecule has 3 nitrogen and oxygen atoms in total. The van der Waals surface area contributed by atoms with Gasteiger partial charge in [-0.2, -0.15) is 0 Å². The van der Waals surface area contributed by atoms with Gasteiger partial charge in [-0.25, -0.2) is 0 Å². The molecule has 10 heavy (non-hydrogen) atoms. The van der Waals surface area contributed by atoms with Crippen LogP contribution in [0.25, 0.3) is 0 Å². The molecule has 0 unspecified atom stereocenters. The molecule has 0 atom stereocenters. The van der Waals surface area contributed by atoms with Gasteiger partial charge in [0, 0.05) is 24.0 Å². The average molecular weight is 142 g/mol. The van der Waals surface area contributed by atoms with E-state index < -0.39 is 0 Å². The average Bonchev–Trinajstić information content (AvgIpc) is 1.89. The van der Waals surface area contributed by atoms with Gasteiger partial charge in [0.25, 0.3) is 0 Å². The normalized spacial score (nSPS) is 13.9. The van der Waals surface area contributed by atoms with E-state index in [1.807, 2.05) is 6.92 Å². The third-order valence-corrected chi connectivity index (χ3v) is 1.11. The number of hydrogen-bond acceptors (Lipinski definition) is 3. The first-order valence-corrected chi connectivity index (χ1v) is 3.28. The molecule has 0 aliphatic carbocycles. The standard InChI is InChI=1S/C7H14N2O/c1-3-9-4-7(5-10)6(2)8/h4,10H,3,5,8H2,1-2H3. The highest BCUT2D eigenvalue weighted by Crippen LogP contribution is 1.92. The third-order valence-electron chi connectivity index (χ3n) is 1.11. The summed E-state index contributed by atoms with van der Waals surface area (Å²) in [7, 11) is 0. The van der Waals surface area contributed by atoms with Crippen molar-refractivity contribution in [1.82, 2.24) is 0 Å². The molecule has 0 saturated heterocycles. The van der Waals surface area contributed by atoms with Crippen LogP contribution in [-0.4, -0.2) is 24.5 Å². The second kappa shape index (κ2) is 4.99. The summed E-state index contributed by atoms with van der Waals surface area (Å²) in [5, 5.41) is 8.69. The van der Waals surface area contributed by atoms with E-state index in [0.29, 0.717) is 11.3 Å². The Hall–Kier alpha value is -0.830. The van der Waals surface area contributed by atoms with Crippen molar-refractivity contribution in [2.45, 2.75) is 13.8 Å². The second-order valence-electron chi connectivity index (χ2n) is 1.99. The van der Waals surface area contributed by atoms with Crippen LogP contribution in [0.2, 0.25) is 0 Å². The van der Waals surface area contributed by atoms with Crippen molar-refractivity contribution in [2.75, 3.05) is 13.2 Å². The van der Waals surface area contributed by atoms with E-state index in [-0.39, 0.29) is 6.61 Å². The Kier molecular flexibility index (Phi) is 4.58. The third kappa shape index (κ3) is 3.25. The largest absolute Gasteiger partial charge is 0.402 e. The first-order valence-electron chi connectivity index (χ1n) is 3.28. The maximum atomic E-state index is 8.69. The molecule has 0 bridgehead atoms. The van der Waals surface area contributed by atoms with Crippen LogP contribution in [0.3, 0.4) is 0 Å². The van der Waals surface area contributed by atoms with Gasteiger partial charge in [0.15, 0.2) is 0 Å². The molecule has 3 heteroatoms. The summed E-state index contributed by atoms with van der Waals surface area (Å²) in [6.07, 6.45) is 1.61. The number of aliphatic imine (C=N–C) groups is 1. The summed E-state index contributed by atoms with van der Waals surface area (Å²) in [5.74, 6) is 0. The highest BCUT2D eigenvalue weighted by Gasteiger charge is 1.91. The molecule has 0 fully saturated rings. The fourth-order valence-corrected chi connectivity index (χ4v) is 0.469. The number of nitrogens with two attached hydrogens (primary N) is 1. The minimum Gasteiger partial charge on any atom is -0.402 e. The van der Waals surface area contributed by atoms with Crippen molar-refractivity contribution < 1.29 is 5.11 Å². The van der Waals surface area contributed by atoms with Crippen molar-refractivity contribution in [3.8, 4) is 0 Å². The molecule has 0 saturated carbocycles. The highest BCUT2D eigenvalue weighted by molar-refractivity contribution is 5.79. The van der Waals surface area contributed by atoms with Crippen LogP contribution >= 0.6 is 0 Å². The number of nitrogens with zero attached hydrogens (tertiary/aromatic N) is 1.